The Balaban J connectivity index is 1.86. The fourth-order valence-electron chi connectivity index (χ4n) is 3.29. The van der Waals surface area contributed by atoms with Crippen LogP contribution in [0.25, 0.3) is 22.0 Å². The second-order valence-electron chi connectivity index (χ2n) is 7.20. The summed E-state index contributed by atoms with van der Waals surface area (Å²) in [4.78, 5) is 0.266. The normalized spacial score (nSPS) is 11.7. The maximum atomic E-state index is 12.7. The number of benzene rings is 3. The number of aryl methyl sites for hydroxylation is 1. The zero-order valence-electron chi connectivity index (χ0n) is 17.0. The molecule has 0 aliphatic rings. The summed E-state index contributed by atoms with van der Waals surface area (Å²) in [6, 6.07) is 23.0. The van der Waals surface area contributed by atoms with Crippen molar-refractivity contribution < 1.29 is 8.42 Å². The molecular formula is C23H22N4O2S. The summed E-state index contributed by atoms with van der Waals surface area (Å²) >= 11 is 0. The van der Waals surface area contributed by atoms with Crippen molar-refractivity contribution in [1.29, 1.82) is 0 Å². The van der Waals surface area contributed by atoms with E-state index >= 15 is 0 Å². The molecule has 0 bridgehead atoms. The lowest BCUT2D eigenvalue weighted by molar-refractivity contribution is 0.520. The molecule has 0 unspecified atom stereocenters. The largest absolute Gasteiger partial charge is 0.338 e. The van der Waals surface area contributed by atoms with Crippen molar-refractivity contribution in [3.63, 3.8) is 0 Å². The summed E-state index contributed by atoms with van der Waals surface area (Å²) in [7, 11) is -0.510. The van der Waals surface area contributed by atoms with Crippen molar-refractivity contribution in [2.24, 2.45) is 0 Å². The molecular weight excluding hydrogens is 396 g/mol. The summed E-state index contributed by atoms with van der Waals surface area (Å²) in [5, 5.41) is 14.0. The van der Waals surface area contributed by atoms with Gasteiger partial charge >= 0.3 is 0 Å². The first-order valence-corrected chi connectivity index (χ1v) is 10.9. The van der Waals surface area contributed by atoms with E-state index in [1.54, 1.807) is 19.1 Å². The fraction of sp³-hybridized carbons (Fsp3) is 0.130. The molecule has 1 heterocycles. The molecule has 0 atom stereocenters. The molecule has 4 aromatic rings. The number of para-hydroxylation sites is 1. The number of sulfonamides is 1. The summed E-state index contributed by atoms with van der Waals surface area (Å²) in [6.07, 6.45) is 0. The van der Waals surface area contributed by atoms with E-state index in [9.17, 15) is 8.42 Å². The van der Waals surface area contributed by atoms with E-state index < -0.39 is 10.0 Å². The van der Waals surface area contributed by atoms with E-state index in [1.807, 2.05) is 60.7 Å². The van der Waals surface area contributed by atoms with Gasteiger partial charge in [-0.05, 0) is 30.7 Å². The van der Waals surface area contributed by atoms with E-state index in [2.05, 4.69) is 15.5 Å². The molecule has 3 aromatic carbocycles. The minimum absolute atomic E-state index is 0.266. The highest BCUT2D eigenvalue weighted by Gasteiger charge is 2.21. The van der Waals surface area contributed by atoms with Crippen LogP contribution in [0.1, 0.15) is 5.56 Å². The second kappa shape index (κ2) is 7.85. The van der Waals surface area contributed by atoms with Crippen LogP contribution in [0.5, 0.6) is 0 Å². The third kappa shape index (κ3) is 3.65. The molecule has 30 heavy (non-hydrogen) atoms. The van der Waals surface area contributed by atoms with E-state index in [1.165, 1.54) is 18.4 Å². The Hall–Kier alpha value is -3.29. The highest BCUT2D eigenvalue weighted by molar-refractivity contribution is 7.89. The van der Waals surface area contributed by atoms with Crippen molar-refractivity contribution in [2.75, 3.05) is 19.4 Å². The summed E-state index contributed by atoms with van der Waals surface area (Å²) in [5.74, 6) is 0.647. The molecule has 0 amide bonds. The van der Waals surface area contributed by atoms with Gasteiger partial charge < -0.3 is 5.32 Å². The first-order valence-electron chi connectivity index (χ1n) is 9.49. The van der Waals surface area contributed by atoms with E-state index in [0.717, 1.165) is 16.5 Å². The molecule has 0 fully saturated rings. The number of nitrogens with one attached hydrogen (secondary N) is 1. The van der Waals surface area contributed by atoms with Gasteiger partial charge in [0.1, 0.15) is 5.69 Å². The van der Waals surface area contributed by atoms with Crippen molar-refractivity contribution in [1.82, 2.24) is 14.5 Å². The van der Waals surface area contributed by atoms with Crippen molar-refractivity contribution >= 4 is 32.3 Å². The number of fused-ring (bicyclic) bond motifs is 1. The molecule has 0 aliphatic heterocycles. The molecule has 1 N–H and O–H groups in total. The number of hydrogen-bond acceptors (Lipinski definition) is 5. The van der Waals surface area contributed by atoms with Crippen LogP contribution in [-0.4, -0.2) is 37.0 Å². The maximum Gasteiger partial charge on any atom is 0.242 e. The van der Waals surface area contributed by atoms with Gasteiger partial charge in [-0.2, -0.15) is 0 Å². The maximum absolute atomic E-state index is 12.7. The van der Waals surface area contributed by atoms with Crippen molar-refractivity contribution in [2.45, 2.75) is 11.8 Å². The molecule has 6 nitrogen and oxygen atoms in total. The van der Waals surface area contributed by atoms with Crippen LogP contribution in [0.4, 0.5) is 11.5 Å². The Kier molecular flexibility index (Phi) is 5.24. The number of anilines is 2. The Morgan fingerprint density at radius 2 is 1.50 bits per heavy atom. The van der Waals surface area contributed by atoms with Gasteiger partial charge in [-0.15, -0.1) is 10.2 Å². The lowest BCUT2D eigenvalue weighted by Crippen LogP contribution is -2.23. The van der Waals surface area contributed by atoms with Crippen LogP contribution in [-0.2, 0) is 10.0 Å². The first-order chi connectivity index (χ1) is 14.4. The third-order valence-electron chi connectivity index (χ3n) is 4.94. The third-order valence-corrected chi connectivity index (χ3v) is 6.90. The molecule has 0 aliphatic carbocycles. The smallest absolute Gasteiger partial charge is 0.242 e. The standard InChI is InChI=1S/C23H22N4O2S/c1-16-13-14-17(15-21(16)30(28,29)27(2)3)22-19-11-7-8-12-20(19)23(26-25-22)24-18-9-5-4-6-10-18/h4-15H,1-3H3,(H,24,26). The molecule has 0 radical (unpaired) electrons. The first kappa shape index (κ1) is 20.0. The van der Waals surface area contributed by atoms with E-state index in [4.69, 9.17) is 0 Å². The van der Waals surface area contributed by atoms with Crippen LogP contribution < -0.4 is 5.32 Å². The van der Waals surface area contributed by atoms with E-state index in [0.29, 0.717) is 22.6 Å². The summed E-state index contributed by atoms with van der Waals surface area (Å²) in [6.45, 7) is 1.79. The minimum atomic E-state index is -3.57. The number of aromatic nitrogens is 2. The zero-order chi connectivity index (χ0) is 21.3. The van der Waals surface area contributed by atoms with Crippen molar-refractivity contribution in [3.8, 4) is 11.3 Å². The second-order valence-corrected chi connectivity index (χ2v) is 9.32. The van der Waals surface area contributed by atoms with Gasteiger partial charge in [-0.25, -0.2) is 12.7 Å². The van der Waals surface area contributed by atoms with Crippen LogP contribution in [0, 0.1) is 6.92 Å². The minimum Gasteiger partial charge on any atom is -0.338 e. The summed E-state index contributed by atoms with van der Waals surface area (Å²) in [5.41, 5.74) is 2.95. The van der Waals surface area contributed by atoms with Crippen LogP contribution in [0.2, 0.25) is 0 Å². The Labute approximate surface area is 176 Å². The lowest BCUT2D eigenvalue weighted by Gasteiger charge is -2.15. The SMILES string of the molecule is Cc1ccc(-c2nnc(Nc3ccccc3)c3ccccc23)cc1S(=O)(=O)N(C)C. The molecule has 0 spiro atoms. The van der Waals surface area contributed by atoms with Gasteiger partial charge in [0.25, 0.3) is 0 Å². The average Bonchev–Trinajstić information content (AvgIpc) is 2.75. The van der Waals surface area contributed by atoms with Crippen molar-refractivity contribution in [3.05, 3.63) is 78.4 Å². The predicted molar refractivity (Wildman–Crippen MR) is 120 cm³/mol. The highest BCUT2D eigenvalue weighted by atomic mass is 32.2. The van der Waals surface area contributed by atoms with Gasteiger partial charge in [0.05, 0.1) is 4.90 Å². The summed E-state index contributed by atoms with van der Waals surface area (Å²) < 4.78 is 26.7. The molecule has 0 saturated heterocycles. The molecule has 7 heteroatoms. The van der Waals surface area contributed by atoms with Crippen LogP contribution in [0.15, 0.2) is 77.7 Å². The molecule has 0 saturated carbocycles. The Bertz CT molecular complexity index is 1320. The number of rotatable bonds is 5. The fourth-order valence-corrected chi connectivity index (χ4v) is 4.43. The zero-order valence-corrected chi connectivity index (χ0v) is 17.8. The topological polar surface area (TPSA) is 75.2 Å². The number of hydrogen-bond donors (Lipinski definition) is 1. The van der Waals surface area contributed by atoms with E-state index in [-0.39, 0.29) is 4.90 Å². The molecule has 1 aromatic heterocycles. The quantitative estimate of drug-likeness (QED) is 0.513. The average molecular weight is 419 g/mol. The van der Waals surface area contributed by atoms with Gasteiger partial charge in [0.2, 0.25) is 10.0 Å². The monoisotopic (exact) mass is 418 g/mol. The van der Waals surface area contributed by atoms with Gasteiger partial charge in [0.15, 0.2) is 5.82 Å². The van der Waals surface area contributed by atoms with Crippen LogP contribution >= 0.6 is 0 Å². The van der Waals surface area contributed by atoms with Gasteiger partial charge in [-0.1, -0.05) is 54.6 Å². The van der Waals surface area contributed by atoms with Crippen LogP contribution in [0.3, 0.4) is 0 Å². The Morgan fingerprint density at radius 3 is 2.20 bits per heavy atom. The lowest BCUT2D eigenvalue weighted by atomic mass is 10.0. The number of nitrogens with zero attached hydrogens (tertiary/aromatic N) is 3. The highest BCUT2D eigenvalue weighted by Crippen LogP contribution is 2.33. The van der Waals surface area contributed by atoms with Gasteiger partial charge in [-0.3, -0.25) is 0 Å². The molecule has 4 rings (SSSR count). The van der Waals surface area contributed by atoms with Gasteiger partial charge in [0, 0.05) is 36.1 Å². The molecule has 152 valence electrons. The Morgan fingerprint density at radius 1 is 0.833 bits per heavy atom. The predicted octanol–water partition coefficient (Wildman–Crippen LogP) is 4.60.